The van der Waals surface area contributed by atoms with Gasteiger partial charge in [0.2, 0.25) is 11.0 Å². The summed E-state index contributed by atoms with van der Waals surface area (Å²) in [5, 5.41) is 18.3. The summed E-state index contributed by atoms with van der Waals surface area (Å²) in [4.78, 5) is 14.0. The van der Waals surface area contributed by atoms with Crippen molar-refractivity contribution in [3.63, 3.8) is 0 Å². The Morgan fingerprint density at radius 2 is 2.40 bits per heavy atom. The number of likely N-dealkylation sites (tertiary alicyclic amines) is 1. The Morgan fingerprint density at radius 3 is 3.00 bits per heavy atom. The SMILES string of the molecule is CC[C@H]1CN(C(=O)CSc2nnc(N)s2)CC[C@@]1(C)O. The number of nitrogens with two attached hydrogens (primary N) is 1. The molecule has 0 radical (unpaired) electrons. The van der Waals surface area contributed by atoms with E-state index in [-0.39, 0.29) is 11.8 Å². The number of rotatable bonds is 4. The topological polar surface area (TPSA) is 92.3 Å². The number of aromatic nitrogens is 2. The molecule has 0 aromatic carbocycles. The number of anilines is 1. The molecular weight excluding hydrogens is 296 g/mol. The molecule has 1 aromatic rings. The summed E-state index contributed by atoms with van der Waals surface area (Å²) in [6.45, 7) is 5.15. The highest BCUT2D eigenvalue weighted by molar-refractivity contribution is 8.01. The predicted octanol–water partition coefficient (Wildman–Crippen LogP) is 1.22. The zero-order valence-electron chi connectivity index (χ0n) is 11.7. The molecule has 0 bridgehead atoms. The summed E-state index contributed by atoms with van der Waals surface area (Å²) >= 11 is 2.65. The first-order chi connectivity index (χ1) is 9.42. The number of thioether (sulfide) groups is 1. The minimum absolute atomic E-state index is 0.0812. The standard InChI is InChI=1S/C12H20N4O2S2/c1-3-8-6-16(5-4-12(8,2)18)9(17)7-19-11-15-14-10(13)20-11/h8,18H,3-7H2,1-2H3,(H2,13,14)/t8-,12+/m0/s1. The van der Waals surface area contributed by atoms with Gasteiger partial charge in [0.1, 0.15) is 0 Å². The average molecular weight is 316 g/mol. The fourth-order valence-corrected chi connectivity index (χ4v) is 3.95. The van der Waals surface area contributed by atoms with Crippen LogP contribution in [0.3, 0.4) is 0 Å². The van der Waals surface area contributed by atoms with Crippen LogP contribution in [0, 0.1) is 5.92 Å². The molecule has 0 aliphatic carbocycles. The molecule has 6 nitrogen and oxygen atoms in total. The van der Waals surface area contributed by atoms with Gasteiger partial charge in [-0.2, -0.15) is 0 Å². The number of amides is 1. The van der Waals surface area contributed by atoms with Gasteiger partial charge in [0.25, 0.3) is 0 Å². The van der Waals surface area contributed by atoms with Crippen molar-refractivity contribution in [2.24, 2.45) is 5.92 Å². The fourth-order valence-electron chi connectivity index (χ4n) is 2.41. The summed E-state index contributed by atoms with van der Waals surface area (Å²) in [6.07, 6.45) is 1.50. The van der Waals surface area contributed by atoms with Crippen molar-refractivity contribution >= 4 is 34.1 Å². The second-order valence-corrected chi connectivity index (χ2v) is 7.48. The molecule has 112 valence electrons. The Balaban J connectivity index is 1.87. The number of hydrogen-bond acceptors (Lipinski definition) is 7. The predicted molar refractivity (Wildman–Crippen MR) is 80.6 cm³/mol. The Hall–Kier alpha value is -0.860. The molecule has 1 amide bonds. The van der Waals surface area contributed by atoms with Crippen LogP contribution in [0.25, 0.3) is 0 Å². The van der Waals surface area contributed by atoms with Crippen LogP contribution in [0.15, 0.2) is 4.34 Å². The molecular formula is C12H20N4O2S2. The lowest BCUT2D eigenvalue weighted by atomic mass is 9.81. The van der Waals surface area contributed by atoms with Crippen LogP contribution in [0.5, 0.6) is 0 Å². The van der Waals surface area contributed by atoms with Gasteiger partial charge in [-0.25, -0.2) is 0 Å². The van der Waals surface area contributed by atoms with E-state index >= 15 is 0 Å². The van der Waals surface area contributed by atoms with Crippen molar-refractivity contribution in [2.45, 2.75) is 36.6 Å². The van der Waals surface area contributed by atoms with Crippen molar-refractivity contribution in [3.8, 4) is 0 Å². The van der Waals surface area contributed by atoms with E-state index in [1.807, 2.05) is 18.7 Å². The smallest absolute Gasteiger partial charge is 0.233 e. The van der Waals surface area contributed by atoms with Crippen LogP contribution in [-0.2, 0) is 4.79 Å². The van der Waals surface area contributed by atoms with Crippen LogP contribution < -0.4 is 5.73 Å². The Morgan fingerprint density at radius 1 is 1.65 bits per heavy atom. The first-order valence-electron chi connectivity index (χ1n) is 6.64. The van der Waals surface area contributed by atoms with E-state index < -0.39 is 5.60 Å². The highest BCUT2D eigenvalue weighted by atomic mass is 32.2. The van der Waals surface area contributed by atoms with E-state index in [4.69, 9.17) is 5.73 Å². The summed E-state index contributed by atoms with van der Waals surface area (Å²) in [5.41, 5.74) is 4.84. The molecule has 2 atom stereocenters. The van der Waals surface area contributed by atoms with Gasteiger partial charge in [-0.1, -0.05) is 30.0 Å². The monoisotopic (exact) mass is 316 g/mol. The molecule has 1 aromatic heterocycles. The summed E-state index contributed by atoms with van der Waals surface area (Å²) in [6, 6.07) is 0. The van der Waals surface area contributed by atoms with Crippen molar-refractivity contribution in [1.82, 2.24) is 15.1 Å². The van der Waals surface area contributed by atoms with Gasteiger partial charge in [-0.05, 0) is 19.8 Å². The molecule has 0 spiro atoms. The third-order valence-electron chi connectivity index (χ3n) is 3.79. The lowest BCUT2D eigenvalue weighted by Gasteiger charge is -2.42. The molecule has 3 N–H and O–H groups in total. The van der Waals surface area contributed by atoms with E-state index in [0.717, 1.165) is 6.42 Å². The minimum Gasteiger partial charge on any atom is -0.390 e. The highest BCUT2D eigenvalue weighted by Gasteiger charge is 2.37. The van der Waals surface area contributed by atoms with Crippen molar-refractivity contribution in [2.75, 3.05) is 24.6 Å². The maximum atomic E-state index is 12.2. The summed E-state index contributed by atoms with van der Waals surface area (Å²) in [7, 11) is 0. The Kier molecular flexibility index (Phi) is 4.87. The van der Waals surface area contributed by atoms with Gasteiger partial charge in [0.05, 0.1) is 11.4 Å². The molecule has 0 unspecified atom stereocenters. The van der Waals surface area contributed by atoms with E-state index in [2.05, 4.69) is 10.2 Å². The molecule has 1 aliphatic heterocycles. The number of nitrogen functional groups attached to an aromatic ring is 1. The lowest BCUT2D eigenvalue weighted by molar-refractivity contribution is -0.136. The average Bonchev–Trinajstić information content (AvgIpc) is 2.81. The summed E-state index contributed by atoms with van der Waals surface area (Å²) in [5.74, 6) is 0.563. The van der Waals surface area contributed by atoms with Gasteiger partial charge in [0, 0.05) is 19.0 Å². The minimum atomic E-state index is -0.660. The number of hydrogen-bond donors (Lipinski definition) is 2. The summed E-state index contributed by atoms with van der Waals surface area (Å²) < 4.78 is 0.715. The number of nitrogens with zero attached hydrogens (tertiary/aromatic N) is 3. The maximum Gasteiger partial charge on any atom is 0.233 e. The third-order valence-corrected chi connectivity index (χ3v) is 5.67. The van der Waals surface area contributed by atoms with Gasteiger partial charge < -0.3 is 15.7 Å². The normalized spacial score (nSPS) is 26.8. The number of carbonyl (C=O) groups is 1. The van der Waals surface area contributed by atoms with E-state index in [0.29, 0.717) is 34.7 Å². The van der Waals surface area contributed by atoms with Gasteiger partial charge in [-0.3, -0.25) is 4.79 Å². The van der Waals surface area contributed by atoms with Crippen LogP contribution >= 0.6 is 23.1 Å². The molecule has 8 heteroatoms. The van der Waals surface area contributed by atoms with Crippen molar-refractivity contribution in [3.05, 3.63) is 0 Å². The highest BCUT2D eigenvalue weighted by Crippen LogP contribution is 2.31. The van der Waals surface area contributed by atoms with Crippen molar-refractivity contribution < 1.29 is 9.90 Å². The van der Waals surface area contributed by atoms with Crippen LogP contribution in [-0.4, -0.2) is 50.6 Å². The lowest BCUT2D eigenvalue weighted by Crippen LogP contribution is -2.52. The molecule has 20 heavy (non-hydrogen) atoms. The van der Waals surface area contributed by atoms with Gasteiger partial charge in [-0.15, -0.1) is 10.2 Å². The van der Waals surface area contributed by atoms with Crippen LogP contribution in [0.1, 0.15) is 26.7 Å². The second-order valence-electron chi connectivity index (χ2n) is 5.25. The van der Waals surface area contributed by atoms with E-state index in [1.54, 1.807) is 0 Å². The maximum absolute atomic E-state index is 12.2. The molecule has 1 fully saturated rings. The Bertz CT molecular complexity index is 478. The van der Waals surface area contributed by atoms with E-state index in [1.165, 1.54) is 23.1 Å². The largest absolute Gasteiger partial charge is 0.390 e. The van der Waals surface area contributed by atoms with Crippen molar-refractivity contribution in [1.29, 1.82) is 0 Å². The van der Waals surface area contributed by atoms with E-state index in [9.17, 15) is 9.90 Å². The fraction of sp³-hybridized carbons (Fsp3) is 0.750. The molecule has 1 saturated heterocycles. The number of piperidine rings is 1. The number of carbonyl (C=O) groups excluding carboxylic acids is 1. The van der Waals surface area contributed by atoms with Gasteiger partial charge >= 0.3 is 0 Å². The molecule has 2 heterocycles. The van der Waals surface area contributed by atoms with Gasteiger partial charge in [0.15, 0.2) is 4.34 Å². The molecule has 2 rings (SSSR count). The number of aliphatic hydroxyl groups is 1. The first kappa shape index (κ1) is 15.5. The second kappa shape index (κ2) is 6.28. The zero-order chi connectivity index (χ0) is 14.8. The zero-order valence-corrected chi connectivity index (χ0v) is 13.3. The van der Waals surface area contributed by atoms with Crippen LogP contribution in [0.4, 0.5) is 5.13 Å². The first-order valence-corrected chi connectivity index (χ1v) is 8.44. The molecule has 1 aliphatic rings. The van der Waals surface area contributed by atoms with Crippen LogP contribution in [0.2, 0.25) is 0 Å². The third kappa shape index (κ3) is 3.62. The Labute approximate surface area is 126 Å². The molecule has 0 saturated carbocycles. The quantitative estimate of drug-likeness (QED) is 0.812.